The normalized spacial score (nSPS) is 30.5. The number of amides is 1. The van der Waals surface area contributed by atoms with Gasteiger partial charge in [0.1, 0.15) is 0 Å². The van der Waals surface area contributed by atoms with Crippen molar-refractivity contribution in [1.29, 1.82) is 0 Å². The van der Waals surface area contributed by atoms with Crippen molar-refractivity contribution in [3.63, 3.8) is 0 Å². The Hall–Kier alpha value is -0.570. The molecular weight excluding hydrogens is 154 g/mol. The van der Waals surface area contributed by atoms with E-state index in [1.165, 1.54) is 0 Å². The summed E-state index contributed by atoms with van der Waals surface area (Å²) in [5, 5.41) is 12.3. The molecular formula is C9H17NO2. The molecule has 2 N–H and O–H groups in total. The van der Waals surface area contributed by atoms with Gasteiger partial charge in [0.25, 0.3) is 0 Å². The largest absolute Gasteiger partial charge is 0.391 e. The van der Waals surface area contributed by atoms with Crippen molar-refractivity contribution < 1.29 is 9.90 Å². The number of hydrogen-bond donors (Lipinski definition) is 2. The second-order valence-electron chi connectivity index (χ2n) is 3.91. The minimum Gasteiger partial charge on any atom is -0.391 e. The maximum atomic E-state index is 11.0. The molecule has 3 heteroatoms. The Kier molecular flexibility index (Phi) is 3.09. The van der Waals surface area contributed by atoms with E-state index in [1.807, 2.05) is 0 Å². The number of nitrogens with one attached hydrogen (secondary N) is 1. The third-order valence-corrected chi connectivity index (χ3v) is 2.20. The highest BCUT2D eigenvalue weighted by Crippen LogP contribution is 2.15. The molecule has 0 bridgehead atoms. The highest BCUT2D eigenvalue weighted by molar-refractivity contribution is 5.77. The molecule has 0 aromatic heterocycles. The first kappa shape index (κ1) is 9.52. The van der Waals surface area contributed by atoms with Crippen LogP contribution in [0.3, 0.4) is 0 Å². The average Bonchev–Trinajstić information content (AvgIpc) is 1.96. The molecule has 12 heavy (non-hydrogen) atoms. The number of hydrogen-bond acceptors (Lipinski definition) is 2. The van der Waals surface area contributed by atoms with Crippen molar-refractivity contribution in [2.75, 3.05) is 0 Å². The van der Waals surface area contributed by atoms with E-state index in [9.17, 15) is 9.90 Å². The highest BCUT2D eigenvalue weighted by Gasteiger charge is 2.26. The van der Waals surface area contributed by atoms with E-state index in [-0.39, 0.29) is 18.1 Å². The summed E-state index contributed by atoms with van der Waals surface area (Å²) in [6, 6.07) is -0.0220. The van der Waals surface area contributed by atoms with E-state index in [0.29, 0.717) is 18.8 Å². The summed E-state index contributed by atoms with van der Waals surface area (Å²) in [6.07, 6.45) is 1.61. The third kappa shape index (κ3) is 2.48. The lowest BCUT2D eigenvalue weighted by Crippen LogP contribution is -2.48. The molecule has 0 aromatic carbocycles. The van der Waals surface area contributed by atoms with Crippen LogP contribution in [0.4, 0.5) is 0 Å². The van der Waals surface area contributed by atoms with Crippen molar-refractivity contribution in [2.24, 2.45) is 5.92 Å². The summed E-state index contributed by atoms with van der Waals surface area (Å²) in [4.78, 5) is 11.0. The lowest BCUT2D eigenvalue weighted by atomic mass is 9.93. The lowest BCUT2D eigenvalue weighted by Gasteiger charge is -2.29. The summed E-state index contributed by atoms with van der Waals surface area (Å²) in [5.74, 6) is 0.592. The van der Waals surface area contributed by atoms with E-state index in [2.05, 4.69) is 19.2 Å². The number of aliphatic hydroxyl groups excluding tert-OH is 1. The minimum absolute atomic E-state index is 0.0220. The Morgan fingerprint density at radius 1 is 1.67 bits per heavy atom. The summed E-state index contributed by atoms with van der Waals surface area (Å²) < 4.78 is 0. The summed E-state index contributed by atoms with van der Waals surface area (Å²) in [6.45, 7) is 4.18. The molecule has 0 unspecified atom stereocenters. The Labute approximate surface area is 73.2 Å². The van der Waals surface area contributed by atoms with Crippen molar-refractivity contribution in [1.82, 2.24) is 5.32 Å². The number of carbonyl (C=O) groups is 1. The first-order valence-corrected chi connectivity index (χ1v) is 4.57. The van der Waals surface area contributed by atoms with E-state index in [0.717, 1.165) is 6.42 Å². The molecule has 0 aromatic rings. The van der Waals surface area contributed by atoms with Crippen molar-refractivity contribution in [3.8, 4) is 0 Å². The molecule has 3 nitrogen and oxygen atoms in total. The number of piperidine rings is 1. The number of aliphatic hydroxyl groups is 1. The molecule has 1 rings (SSSR count). The summed E-state index contributed by atoms with van der Waals surface area (Å²) in [7, 11) is 0. The molecule has 1 aliphatic heterocycles. The Bertz CT molecular complexity index is 168. The van der Waals surface area contributed by atoms with Crippen LogP contribution in [-0.4, -0.2) is 23.2 Å². The lowest BCUT2D eigenvalue weighted by molar-refractivity contribution is -0.126. The van der Waals surface area contributed by atoms with Gasteiger partial charge >= 0.3 is 0 Å². The molecule has 1 fully saturated rings. The molecule has 0 aliphatic carbocycles. The van der Waals surface area contributed by atoms with Gasteiger partial charge in [-0.3, -0.25) is 4.79 Å². The quantitative estimate of drug-likeness (QED) is 0.641. The van der Waals surface area contributed by atoms with Crippen molar-refractivity contribution in [2.45, 2.75) is 45.3 Å². The smallest absolute Gasteiger partial charge is 0.220 e. The fourth-order valence-corrected chi connectivity index (χ4v) is 1.58. The average molecular weight is 171 g/mol. The van der Waals surface area contributed by atoms with Gasteiger partial charge in [0.05, 0.1) is 12.1 Å². The number of rotatable bonds is 2. The zero-order chi connectivity index (χ0) is 9.14. The fraction of sp³-hybridized carbons (Fsp3) is 0.889. The van der Waals surface area contributed by atoms with Crippen LogP contribution in [0.2, 0.25) is 0 Å². The van der Waals surface area contributed by atoms with Crippen LogP contribution >= 0.6 is 0 Å². The second-order valence-corrected chi connectivity index (χ2v) is 3.91. The summed E-state index contributed by atoms with van der Waals surface area (Å²) in [5.41, 5.74) is 0. The highest BCUT2D eigenvalue weighted by atomic mass is 16.3. The van der Waals surface area contributed by atoms with Gasteiger partial charge in [-0.2, -0.15) is 0 Å². The second kappa shape index (κ2) is 3.90. The van der Waals surface area contributed by atoms with Crippen LogP contribution < -0.4 is 5.32 Å². The van der Waals surface area contributed by atoms with Crippen molar-refractivity contribution in [3.05, 3.63) is 0 Å². The first-order valence-electron chi connectivity index (χ1n) is 4.57. The van der Waals surface area contributed by atoms with Gasteiger partial charge in [-0.05, 0) is 18.8 Å². The Balaban J connectivity index is 2.43. The Morgan fingerprint density at radius 3 is 2.92 bits per heavy atom. The predicted octanol–water partition coefficient (Wildman–Crippen LogP) is 0.672. The van der Waals surface area contributed by atoms with E-state index in [4.69, 9.17) is 0 Å². The Morgan fingerprint density at radius 2 is 2.33 bits per heavy atom. The van der Waals surface area contributed by atoms with E-state index >= 15 is 0 Å². The van der Waals surface area contributed by atoms with Crippen LogP contribution in [-0.2, 0) is 4.79 Å². The van der Waals surface area contributed by atoms with E-state index in [1.54, 1.807) is 0 Å². The van der Waals surface area contributed by atoms with Crippen molar-refractivity contribution >= 4 is 5.91 Å². The van der Waals surface area contributed by atoms with E-state index < -0.39 is 0 Å². The standard InChI is InChI=1S/C9H17NO2/c1-6(2)5-7-8(11)3-4-9(12)10-7/h6-8,11H,3-5H2,1-2H3,(H,10,12)/t7-,8+/m0/s1. The topological polar surface area (TPSA) is 49.3 Å². The van der Waals surface area contributed by atoms with Crippen LogP contribution in [0.1, 0.15) is 33.1 Å². The van der Waals surface area contributed by atoms with Gasteiger partial charge in [-0.25, -0.2) is 0 Å². The van der Waals surface area contributed by atoms with Gasteiger partial charge in [-0.1, -0.05) is 13.8 Å². The number of carbonyl (C=O) groups excluding carboxylic acids is 1. The molecule has 70 valence electrons. The third-order valence-electron chi connectivity index (χ3n) is 2.20. The molecule has 0 saturated carbocycles. The maximum absolute atomic E-state index is 11.0. The van der Waals surface area contributed by atoms with Crippen LogP contribution in [0.25, 0.3) is 0 Å². The van der Waals surface area contributed by atoms with Crippen LogP contribution in [0, 0.1) is 5.92 Å². The molecule has 1 amide bonds. The molecule has 1 saturated heterocycles. The van der Waals surface area contributed by atoms with Gasteiger partial charge in [-0.15, -0.1) is 0 Å². The van der Waals surface area contributed by atoms with Crippen LogP contribution in [0.5, 0.6) is 0 Å². The fourth-order valence-electron chi connectivity index (χ4n) is 1.58. The zero-order valence-electron chi connectivity index (χ0n) is 7.71. The van der Waals surface area contributed by atoms with Gasteiger partial charge in [0, 0.05) is 6.42 Å². The maximum Gasteiger partial charge on any atom is 0.220 e. The molecule has 1 heterocycles. The zero-order valence-corrected chi connectivity index (χ0v) is 7.71. The van der Waals surface area contributed by atoms with Gasteiger partial charge in [0.15, 0.2) is 0 Å². The van der Waals surface area contributed by atoms with Gasteiger partial charge in [0.2, 0.25) is 5.91 Å². The monoisotopic (exact) mass is 171 g/mol. The summed E-state index contributed by atoms with van der Waals surface area (Å²) >= 11 is 0. The molecule has 2 atom stereocenters. The minimum atomic E-state index is -0.343. The molecule has 0 spiro atoms. The van der Waals surface area contributed by atoms with Gasteiger partial charge < -0.3 is 10.4 Å². The first-order chi connectivity index (χ1) is 5.59. The SMILES string of the molecule is CC(C)C[C@@H]1NC(=O)CC[C@H]1O. The molecule has 1 aliphatic rings. The van der Waals surface area contributed by atoms with Crippen LogP contribution in [0.15, 0.2) is 0 Å². The molecule has 0 radical (unpaired) electrons. The predicted molar refractivity (Wildman–Crippen MR) is 46.6 cm³/mol.